The number of piperidine rings is 1. The molecule has 2 aliphatic heterocycles. The van der Waals surface area contributed by atoms with E-state index in [4.69, 9.17) is 0 Å². The van der Waals surface area contributed by atoms with E-state index in [2.05, 4.69) is 5.10 Å². The van der Waals surface area contributed by atoms with E-state index in [1.54, 1.807) is 24.0 Å². The van der Waals surface area contributed by atoms with Crippen molar-refractivity contribution >= 4 is 11.8 Å². The molecule has 1 atom stereocenters. The van der Waals surface area contributed by atoms with Crippen LogP contribution in [-0.2, 0) is 16.1 Å². The molecule has 132 valence electrons. The van der Waals surface area contributed by atoms with Gasteiger partial charge in [-0.05, 0) is 37.7 Å². The van der Waals surface area contributed by atoms with Gasteiger partial charge in [-0.2, -0.15) is 5.10 Å². The summed E-state index contributed by atoms with van der Waals surface area (Å²) in [5.41, 5.74) is -0.460. The van der Waals surface area contributed by atoms with Gasteiger partial charge in [-0.1, -0.05) is 0 Å². The standard InChI is InChI=1S/C17H26N4O3/c1-14(23)21-12-17(11-16(21,2)13-22)4-8-19(9-5-17)15(24)10-20-7-3-6-18-20/h3,6-7,22H,4-5,8-13H2,1-2H3/t16-/m1/s1. The summed E-state index contributed by atoms with van der Waals surface area (Å²) >= 11 is 0. The van der Waals surface area contributed by atoms with Gasteiger partial charge in [0.15, 0.2) is 0 Å². The molecule has 1 N–H and O–H groups in total. The highest BCUT2D eigenvalue weighted by Crippen LogP contribution is 2.47. The van der Waals surface area contributed by atoms with Crippen LogP contribution in [0.3, 0.4) is 0 Å². The minimum atomic E-state index is -0.479. The third kappa shape index (κ3) is 3.05. The normalized spacial score (nSPS) is 26.1. The van der Waals surface area contributed by atoms with Crippen LogP contribution in [0.25, 0.3) is 0 Å². The van der Waals surface area contributed by atoms with Gasteiger partial charge < -0.3 is 14.9 Å². The maximum Gasteiger partial charge on any atom is 0.244 e. The maximum absolute atomic E-state index is 12.4. The molecule has 2 amide bonds. The van der Waals surface area contributed by atoms with Gasteiger partial charge in [-0.25, -0.2) is 0 Å². The second-order valence-electron chi connectivity index (χ2n) is 7.52. The molecule has 3 rings (SSSR count). The van der Waals surface area contributed by atoms with E-state index < -0.39 is 5.54 Å². The Morgan fingerprint density at radius 2 is 2.00 bits per heavy atom. The van der Waals surface area contributed by atoms with Gasteiger partial charge in [0.25, 0.3) is 0 Å². The topological polar surface area (TPSA) is 78.7 Å². The van der Waals surface area contributed by atoms with Crippen molar-refractivity contribution < 1.29 is 14.7 Å². The summed E-state index contributed by atoms with van der Waals surface area (Å²) in [7, 11) is 0. The van der Waals surface area contributed by atoms with E-state index in [0.29, 0.717) is 19.6 Å². The molecule has 7 nitrogen and oxygen atoms in total. The first kappa shape index (κ1) is 17.0. The van der Waals surface area contributed by atoms with Crippen molar-refractivity contribution in [3.63, 3.8) is 0 Å². The van der Waals surface area contributed by atoms with Crippen molar-refractivity contribution in [3.8, 4) is 0 Å². The minimum Gasteiger partial charge on any atom is -0.394 e. The van der Waals surface area contributed by atoms with Crippen LogP contribution < -0.4 is 0 Å². The van der Waals surface area contributed by atoms with E-state index in [-0.39, 0.29) is 30.4 Å². The van der Waals surface area contributed by atoms with Crippen LogP contribution in [0.15, 0.2) is 18.5 Å². The lowest BCUT2D eigenvalue weighted by atomic mass is 9.74. The Kier molecular flexibility index (Phi) is 4.38. The average molecular weight is 334 g/mol. The molecule has 0 saturated carbocycles. The fourth-order valence-corrected chi connectivity index (χ4v) is 4.32. The largest absolute Gasteiger partial charge is 0.394 e. The summed E-state index contributed by atoms with van der Waals surface area (Å²) in [5.74, 6) is 0.0977. The number of carbonyl (C=O) groups is 2. The highest BCUT2D eigenvalue weighted by Gasteiger charge is 2.52. The molecule has 1 spiro atoms. The molecule has 0 aromatic carbocycles. The van der Waals surface area contributed by atoms with Crippen LogP contribution >= 0.6 is 0 Å². The number of aliphatic hydroxyl groups excluding tert-OH is 1. The zero-order valence-electron chi connectivity index (χ0n) is 14.4. The van der Waals surface area contributed by atoms with Crippen LogP contribution in [-0.4, -0.2) is 68.3 Å². The van der Waals surface area contributed by atoms with Gasteiger partial charge in [-0.15, -0.1) is 0 Å². The monoisotopic (exact) mass is 334 g/mol. The summed E-state index contributed by atoms with van der Waals surface area (Å²) in [6.45, 7) is 5.86. The third-order valence-corrected chi connectivity index (χ3v) is 5.65. The van der Waals surface area contributed by atoms with Crippen LogP contribution in [0.1, 0.15) is 33.1 Å². The quantitative estimate of drug-likeness (QED) is 0.873. The molecular formula is C17H26N4O3. The molecule has 0 radical (unpaired) electrons. The highest BCUT2D eigenvalue weighted by molar-refractivity contribution is 5.76. The number of nitrogens with zero attached hydrogens (tertiary/aromatic N) is 4. The summed E-state index contributed by atoms with van der Waals surface area (Å²) in [6.07, 6.45) is 6.01. The Morgan fingerprint density at radius 1 is 1.29 bits per heavy atom. The number of rotatable bonds is 3. The lowest BCUT2D eigenvalue weighted by Gasteiger charge is -2.39. The number of carbonyl (C=O) groups excluding carboxylic acids is 2. The lowest BCUT2D eigenvalue weighted by molar-refractivity contribution is -0.136. The van der Waals surface area contributed by atoms with Gasteiger partial charge in [0.05, 0.1) is 12.1 Å². The second kappa shape index (κ2) is 6.20. The fourth-order valence-electron chi connectivity index (χ4n) is 4.32. The van der Waals surface area contributed by atoms with Crippen LogP contribution in [0, 0.1) is 5.41 Å². The summed E-state index contributed by atoms with van der Waals surface area (Å²) in [5, 5.41) is 13.9. The van der Waals surface area contributed by atoms with Crippen molar-refractivity contribution in [2.45, 2.75) is 45.2 Å². The zero-order valence-corrected chi connectivity index (χ0v) is 14.4. The molecule has 0 unspecified atom stereocenters. The third-order valence-electron chi connectivity index (χ3n) is 5.65. The van der Waals surface area contributed by atoms with Gasteiger partial charge >= 0.3 is 0 Å². The summed E-state index contributed by atoms with van der Waals surface area (Å²) < 4.78 is 1.64. The fraction of sp³-hybridized carbons (Fsp3) is 0.706. The van der Waals surface area contributed by atoms with Crippen molar-refractivity contribution in [3.05, 3.63) is 18.5 Å². The van der Waals surface area contributed by atoms with Crippen molar-refractivity contribution in [2.24, 2.45) is 5.41 Å². The van der Waals surface area contributed by atoms with Gasteiger partial charge in [0.2, 0.25) is 11.8 Å². The van der Waals surface area contributed by atoms with Crippen LogP contribution in [0.2, 0.25) is 0 Å². The predicted molar refractivity (Wildman–Crippen MR) is 88.0 cm³/mol. The minimum absolute atomic E-state index is 0.0145. The number of hydrogen-bond acceptors (Lipinski definition) is 4. The smallest absolute Gasteiger partial charge is 0.244 e. The van der Waals surface area contributed by atoms with Gasteiger partial charge in [-0.3, -0.25) is 14.3 Å². The zero-order chi connectivity index (χ0) is 17.4. The van der Waals surface area contributed by atoms with E-state index in [1.807, 2.05) is 22.8 Å². The Morgan fingerprint density at radius 3 is 2.50 bits per heavy atom. The van der Waals surface area contributed by atoms with E-state index in [9.17, 15) is 14.7 Å². The maximum atomic E-state index is 12.4. The molecule has 2 fully saturated rings. The SMILES string of the molecule is CC(=O)N1CC2(CCN(C(=O)Cn3cccn3)CC2)C[C@]1(C)CO. The molecule has 2 aliphatic rings. The van der Waals surface area contributed by atoms with Crippen molar-refractivity contribution in [1.82, 2.24) is 19.6 Å². The van der Waals surface area contributed by atoms with Crippen molar-refractivity contribution in [1.29, 1.82) is 0 Å². The molecule has 2 saturated heterocycles. The molecule has 1 aromatic rings. The Hall–Kier alpha value is -1.89. The number of likely N-dealkylation sites (tertiary alicyclic amines) is 2. The van der Waals surface area contributed by atoms with E-state index >= 15 is 0 Å². The highest BCUT2D eigenvalue weighted by atomic mass is 16.3. The Labute approximate surface area is 142 Å². The first-order chi connectivity index (χ1) is 11.4. The van der Waals surface area contributed by atoms with Crippen molar-refractivity contribution in [2.75, 3.05) is 26.2 Å². The first-order valence-corrected chi connectivity index (χ1v) is 8.52. The number of aromatic nitrogens is 2. The van der Waals surface area contributed by atoms with Gasteiger partial charge in [0.1, 0.15) is 6.54 Å². The molecular weight excluding hydrogens is 308 g/mol. The molecule has 0 bridgehead atoms. The lowest BCUT2D eigenvalue weighted by Crippen LogP contribution is -2.46. The molecule has 24 heavy (non-hydrogen) atoms. The van der Waals surface area contributed by atoms with Gasteiger partial charge in [0, 0.05) is 39.0 Å². The number of hydrogen-bond donors (Lipinski definition) is 1. The molecule has 0 aliphatic carbocycles. The van der Waals surface area contributed by atoms with Crippen LogP contribution in [0.5, 0.6) is 0 Å². The summed E-state index contributed by atoms with van der Waals surface area (Å²) in [4.78, 5) is 28.0. The predicted octanol–water partition coefficient (Wildman–Crippen LogP) is 0.495. The molecule has 7 heteroatoms. The number of amides is 2. The Balaban J connectivity index is 1.62. The second-order valence-corrected chi connectivity index (χ2v) is 7.52. The molecule has 3 heterocycles. The Bertz CT molecular complexity index is 607. The van der Waals surface area contributed by atoms with E-state index in [0.717, 1.165) is 19.3 Å². The van der Waals surface area contributed by atoms with E-state index in [1.165, 1.54) is 0 Å². The molecule has 1 aromatic heterocycles. The van der Waals surface area contributed by atoms with Crippen LogP contribution in [0.4, 0.5) is 0 Å². The first-order valence-electron chi connectivity index (χ1n) is 8.52. The summed E-state index contributed by atoms with van der Waals surface area (Å²) in [6, 6.07) is 1.81. The number of aliphatic hydroxyl groups is 1. The average Bonchev–Trinajstić information content (AvgIpc) is 3.15.